The van der Waals surface area contributed by atoms with Crippen LogP contribution in [-0.4, -0.2) is 36.1 Å². The van der Waals surface area contributed by atoms with Crippen LogP contribution in [0.1, 0.15) is 5.56 Å². The first-order chi connectivity index (χ1) is 7.81. The van der Waals surface area contributed by atoms with Crippen LogP contribution in [0.3, 0.4) is 0 Å². The van der Waals surface area contributed by atoms with Gasteiger partial charge in [0, 0.05) is 25.8 Å². The number of rotatable bonds is 2. The minimum Gasteiger partial charge on any atom is -0.316 e. The fourth-order valence-electron chi connectivity index (χ4n) is 2.88. The molecule has 2 aliphatic rings. The van der Waals surface area contributed by atoms with E-state index in [1.807, 2.05) is 6.07 Å². The first-order valence-corrected chi connectivity index (χ1v) is 6.22. The summed E-state index contributed by atoms with van der Waals surface area (Å²) in [4.78, 5) is 6.54. The smallest absolute Gasteiger partial charge is 0.129 e. The van der Waals surface area contributed by atoms with Gasteiger partial charge < -0.3 is 5.32 Å². The van der Waals surface area contributed by atoms with Gasteiger partial charge in [-0.05, 0) is 42.6 Å². The third-order valence-corrected chi connectivity index (χ3v) is 3.87. The summed E-state index contributed by atoms with van der Waals surface area (Å²) >= 11 is 5.89. The standard InChI is InChI=1S/C12H16ClN3/c13-12-3-9(1-2-15-12)6-16-7-10-4-14-5-11(10)8-16/h1-3,10-11,14H,4-8H2. The van der Waals surface area contributed by atoms with Crippen LogP contribution in [0.15, 0.2) is 18.3 Å². The fourth-order valence-corrected chi connectivity index (χ4v) is 3.08. The minimum atomic E-state index is 0.596. The Kier molecular flexibility index (Phi) is 2.84. The molecule has 3 heterocycles. The van der Waals surface area contributed by atoms with Crippen molar-refractivity contribution in [1.29, 1.82) is 0 Å². The first-order valence-electron chi connectivity index (χ1n) is 5.85. The third kappa shape index (κ3) is 2.08. The Morgan fingerprint density at radius 1 is 1.38 bits per heavy atom. The summed E-state index contributed by atoms with van der Waals surface area (Å²) < 4.78 is 0. The van der Waals surface area contributed by atoms with Gasteiger partial charge in [0.1, 0.15) is 5.15 Å². The van der Waals surface area contributed by atoms with Crippen molar-refractivity contribution in [3.8, 4) is 0 Å². The zero-order chi connectivity index (χ0) is 11.0. The van der Waals surface area contributed by atoms with Crippen LogP contribution in [0.5, 0.6) is 0 Å². The van der Waals surface area contributed by atoms with Crippen LogP contribution < -0.4 is 5.32 Å². The third-order valence-electron chi connectivity index (χ3n) is 3.66. The molecular formula is C12H16ClN3. The van der Waals surface area contributed by atoms with Crippen molar-refractivity contribution >= 4 is 11.6 Å². The molecule has 0 aliphatic carbocycles. The Balaban J connectivity index is 1.64. The number of aromatic nitrogens is 1. The monoisotopic (exact) mass is 237 g/mol. The van der Waals surface area contributed by atoms with E-state index in [4.69, 9.17) is 11.6 Å². The summed E-state index contributed by atoms with van der Waals surface area (Å²) in [7, 11) is 0. The van der Waals surface area contributed by atoms with Crippen LogP contribution in [-0.2, 0) is 6.54 Å². The summed E-state index contributed by atoms with van der Waals surface area (Å²) in [6.45, 7) is 5.83. The zero-order valence-corrected chi connectivity index (χ0v) is 9.95. The predicted octanol–water partition coefficient (Wildman–Crippen LogP) is 1.39. The lowest BCUT2D eigenvalue weighted by molar-refractivity contribution is 0.305. The maximum Gasteiger partial charge on any atom is 0.129 e. The maximum atomic E-state index is 5.89. The van der Waals surface area contributed by atoms with Crippen LogP contribution in [0.4, 0.5) is 0 Å². The summed E-state index contributed by atoms with van der Waals surface area (Å²) in [6, 6.07) is 4.02. The van der Waals surface area contributed by atoms with E-state index < -0.39 is 0 Å². The zero-order valence-electron chi connectivity index (χ0n) is 9.19. The van der Waals surface area contributed by atoms with Crippen molar-refractivity contribution < 1.29 is 0 Å². The molecule has 86 valence electrons. The highest BCUT2D eigenvalue weighted by Crippen LogP contribution is 2.27. The molecule has 2 unspecified atom stereocenters. The van der Waals surface area contributed by atoms with E-state index in [1.54, 1.807) is 6.20 Å². The van der Waals surface area contributed by atoms with Gasteiger partial charge in [0.2, 0.25) is 0 Å². The molecular weight excluding hydrogens is 222 g/mol. The maximum absolute atomic E-state index is 5.89. The largest absolute Gasteiger partial charge is 0.316 e. The second kappa shape index (κ2) is 4.32. The Hall–Kier alpha value is -0.640. The fraction of sp³-hybridized carbons (Fsp3) is 0.583. The molecule has 16 heavy (non-hydrogen) atoms. The van der Waals surface area contributed by atoms with E-state index in [-0.39, 0.29) is 0 Å². The average molecular weight is 238 g/mol. The van der Waals surface area contributed by atoms with Crippen molar-refractivity contribution in [3.05, 3.63) is 29.0 Å². The molecule has 1 aromatic heterocycles. The minimum absolute atomic E-state index is 0.596. The van der Waals surface area contributed by atoms with Crippen LogP contribution in [0.2, 0.25) is 5.15 Å². The van der Waals surface area contributed by atoms with E-state index in [0.717, 1.165) is 18.4 Å². The van der Waals surface area contributed by atoms with E-state index in [0.29, 0.717) is 5.15 Å². The van der Waals surface area contributed by atoms with Crippen LogP contribution in [0.25, 0.3) is 0 Å². The number of hydrogen-bond acceptors (Lipinski definition) is 3. The number of fused-ring (bicyclic) bond motifs is 1. The lowest BCUT2D eigenvalue weighted by Gasteiger charge is -2.16. The molecule has 3 nitrogen and oxygen atoms in total. The second-order valence-electron chi connectivity index (χ2n) is 4.86. The normalized spacial score (nSPS) is 29.6. The van der Waals surface area contributed by atoms with E-state index in [9.17, 15) is 0 Å². The molecule has 0 aromatic carbocycles. The number of nitrogens with one attached hydrogen (secondary N) is 1. The molecule has 0 saturated carbocycles. The van der Waals surface area contributed by atoms with Crippen LogP contribution >= 0.6 is 11.6 Å². The first kappa shape index (κ1) is 10.5. The van der Waals surface area contributed by atoms with Crippen LogP contribution in [0, 0.1) is 11.8 Å². The molecule has 2 aliphatic heterocycles. The van der Waals surface area contributed by atoms with Gasteiger partial charge in [-0.3, -0.25) is 4.90 Å². The van der Waals surface area contributed by atoms with Crippen molar-refractivity contribution in [2.24, 2.45) is 11.8 Å². The highest BCUT2D eigenvalue weighted by atomic mass is 35.5. The lowest BCUT2D eigenvalue weighted by Crippen LogP contribution is -2.25. The van der Waals surface area contributed by atoms with Gasteiger partial charge in [-0.15, -0.1) is 0 Å². The molecule has 0 spiro atoms. The summed E-state index contributed by atoms with van der Waals surface area (Å²) in [5.41, 5.74) is 1.27. The molecule has 1 N–H and O–H groups in total. The Morgan fingerprint density at radius 2 is 2.12 bits per heavy atom. The number of halogens is 1. The molecule has 4 heteroatoms. The van der Waals surface area contributed by atoms with Gasteiger partial charge in [0.15, 0.2) is 0 Å². The molecule has 2 fully saturated rings. The van der Waals surface area contributed by atoms with Crippen molar-refractivity contribution in [1.82, 2.24) is 15.2 Å². The SMILES string of the molecule is Clc1cc(CN2CC3CNCC3C2)ccn1. The topological polar surface area (TPSA) is 28.2 Å². The number of likely N-dealkylation sites (tertiary alicyclic amines) is 1. The van der Waals surface area contributed by atoms with Gasteiger partial charge in [0.05, 0.1) is 0 Å². The highest BCUT2D eigenvalue weighted by Gasteiger charge is 2.35. The van der Waals surface area contributed by atoms with Gasteiger partial charge in [-0.1, -0.05) is 11.6 Å². The molecule has 2 atom stereocenters. The number of hydrogen-bond donors (Lipinski definition) is 1. The summed E-state index contributed by atoms with van der Waals surface area (Å²) in [5, 5.41) is 4.06. The molecule has 0 bridgehead atoms. The average Bonchev–Trinajstić information content (AvgIpc) is 2.77. The van der Waals surface area contributed by atoms with E-state index in [2.05, 4.69) is 21.3 Å². The van der Waals surface area contributed by atoms with Gasteiger partial charge >= 0.3 is 0 Å². The number of pyridine rings is 1. The summed E-state index contributed by atoms with van der Waals surface area (Å²) in [6.07, 6.45) is 1.79. The van der Waals surface area contributed by atoms with Gasteiger partial charge in [-0.2, -0.15) is 0 Å². The Morgan fingerprint density at radius 3 is 2.81 bits per heavy atom. The molecule has 2 saturated heterocycles. The predicted molar refractivity (Wildman–Crippen MR) is 64.4 cm³/mol. The van der Waals surface area contributed by atoms with Crippen molar-refractivity contribution in [2.75, 3.05) is 26.2 Å². The summed E-state index contributed by atoms with van der Waals surface area (Å²) in [5.74, 6) is 1.72. The second-order valence-corrected chi connectivity index (χ2v) is 5.25. The molecule has 1 aromatic rings. The quantitative estimate of drug-likeness (QED) is 0.788. The van der Waals surface area contributed by atoms with E-state index >= 15 is 0 Å². The highest BCUT2D eigenvalue weighted by molar-refractivity contribution is 6.29. The van der Waals surface area contributed by atoms with E-state index in [1.165, 1.54) is 31.7 Å². The van der Waals surface area contributed by atoms with Gasteiger partial charge in [0.25, 0.3) is 0 Å². The Labute approximate surface area is 101 Å². The Bertz CT molecular complexity index is 370. The van der Waals surface area contributed by atoms with Crippen molar-refractivity contribution in [3.63, 3.8) is 0 Å². The molecule has 0 radical (unpaired) electrons. The number of nitrogens with zero attached hydrogens (tertiary/aromatic N) is 2. The van der Waals surface area contributed by atoms with Gasteiger partial charge in [-0.25, -0.2) is 4.98 Å². The lowest BCUT2D eigenvalue weighted by atomic mass is 10.0. The molecule has 0 amide bonds. The van der Waals surface area contributed by atoms with Crippen molar-refractivity contribution in [2.45, 2.75) is 6.54 Å². The molecule has 3 rings (SSSR count).